The number of hydrogen-bond acceptors (Lipinski definition) is 6. The third-order valence-electron chi connectivity index (χ3n) is 8.10. The summed E-state index contributed by atoms with van der Waals surface area (Å²) in [5.74, 6) is -1.49. The Kier molecular flexibility index (Phi) is 28.7. The van der Waals surface area contributed by atoms with E-state index in [1.807, 2.05) is 21.1 Å². The number of hydrogen-bond donors (Lipinski definition) is 1. The van der Waals surface area contributed by atoms with E-state index < -0.39 is 18.1 Å². The van der Waals surface area contributed by atoms with E-state index in [-0.39, 0.29) is 36.2 Å². The number of esters is 2. The number of rotatable bonds is 32. The van der Waals surface area contributed by atoms with Gasteiger partial charge in [0.1, 0.15) is 6.61 Å². The molecule has 0 saturated heterocycles. The number of aliphatic carboxylic acids is 1. The van der Waals surface area contributed by atoms with Crippen LogP contribution in [0.4, 0.5) is 0 Å². The molecule has 46 heavy (non-hydrogen) atoms. The molecule has 0 aromatic rings. The highest BCUT2D eigenvalue weighted by Gasteiger charge is 2.31. The van der Waals surface area contributed by atoms with Gasteiger partial charge in [-0.25, -0.2) is 4.79 Å². The van der Waals surface area contributed by atoms with Crippen molar-refractivity contribution in [2.75, 3.05) is 41.0 Å². The number of carbonyl (C=O) groups is 3. The first-order chi connectivity index (χ1) is 22.1. The van der Waals surface area contributed by atoms with E-state index in [1.54, 1.807) is 0 Å². The second kappa shape index (κ2) is 30.2. The van der Waals surface area contributed by atoms with Crippen molar-refractivity contribution in [3.05, 3.63) is 24.3 Å². The Morgan fingerprint density at radius 2 is 1.17 bits per heavy atom. The monoisotopic (exact) mass is 653 g/mol. The van der Waals surface area contributed by atoms with Gasteiger partial charge in [0.25, 0.3) is 0 Å². The largest absolute Gasteiger partial charge is 0.477 e. The van der Waals surface area contributed by atoms with Crippen molar-refractivity contribution < 1.29 is 38.2 Å². The van der Waals surface area contributed by atoms with E-state index in [2.05, 4.69) is 38.2 Å². The molecule has 8 heteroatoms. The van der Waals surface area contributed by atoms with Gasteiger partial charge < -0.3 is 23.8 Å². The fourth-order valence-corrected chi connectivity index (χ4v) is 5.16. The summed E-state index contributed by atoms with van der Waals surface area (Å²) < 4.78 is 17.1. The zero-order valence-corrected chi connectivity index (χ0v) is 30.3. The molecule has 0 aliphatic heterocycles. The van der Waals surface area contributed by atoms with Gasteiger partial charge in [-0.2, -0.15) is 0 Å². The molecule has 0 amide bonds. The van der Waals surface area contributed by atoms with Crippen molar-refractivity contribution >= 4 is 17.9 Å². The van der Waals surface area contributed by atoms with Gasteiger partial charge in [-0.1, -0.05) is 115 Å². The third kappa shape index (κ3) is 28.1. The minimum absolute atomic E-state index is 0.0542. The Hall–Kier alpha value is -2.19. The number of carboxylic acids is 1. The van der Waals surface area contributed by atoms with Gasteiger partial charge in [0.2, 0.25) is 0 Å². The van der Waals surface area contributed by atoms with Crippen LogP contribution in [0.15, 0.2) is 24.3 Å². The number of likely N-dealkylation sites (N-methyl/N-ethyl adjacent to an activating group) is 1. The molecule has 0 saturated carbocycles. The molecule has 0 spiro atoms. The number of ether oxygens (including phenoxy) is 3. The molecular formula is C38H70NO7+. The Morgan fingerprint density at radius 1 is 0.652 bits per heavy atom. The minimum Gasteiger partial charge on any atom is -0.477 e. The minimum atomic E-state index is -0.879. The van der Waals surface area contributed by atoms with Crippen LogP contribution in [0.1, 0.15) is 149 Å². The van der Waals surface area contributed by atoms with Crippen molar-refractivity contribution in [2.45, 2.75) is 161 Å². The average Bonchev–Trinajstić information content (AvgIpc) is 3.00. The number of carbonyl (C=O) groups excluding carboxylic acids is 2. The summed E-state index contributed by atoms with van der Waals surface area (Å²) >= 11 is 0. The summed E-state index contributed by atoms with van der Waals surface area (Å²) in [6.07, 6.45) is 29.3. The summed E-state index contributed by atoms with van der Waals surface area (Å²) in [5.41, 5.74) is 0. The zero-order chi connectivity index (χ0) is 34.3. The van der Waals surface area contributed by atoms with Gasteiger partial charge in [-0.15, -0.1) is 0 Å². The van der Waals surface area contributed by atoms with Crippen LogP contribution in [0, 0.1) is 0 Å². The molecule has 0 rings (SSSR count). The quantitative estimate of drug-likeness (QED) is 0.0335. The van der Waals surface area contributed by atoms with Crippen LogP contribution < -0.4 is 0 Å². The predicted octanol–water partition coefficient (Wildman–Crippen LogP) is 8.96. The van der Waals surface area contributed by atoms with Crippen LogP contribution in [0.5, 0.6) is 0 Å². The number of carboxylic acid groups (broad SMARTS) is 1. The lowest BCUT2D eigenvalue weighted by Crippen LogP contribution is -2.50. The normalized spacial score (nSPS) is 13.3. The molecule has 0 aromatic carbocycles. The highest BCUT2D eigenvalue weighted by atomic mass is 16.6. The fourth-order valence-electron chi connectivity index (χ4n) is 5.16. The van der Waals surface area contributed by atoms with E-state index in [0.717, 1.165) is 64.2 Å². The smallest absolute Gasteiger partial charge is 0.362 e. The number of nitrogens with zero attached hydrogens (tertiary/aromatic N) is 1. The summed E-state index contributed by atoms with van der Waals surface area (Å²) in [5, 5.41) is 9.56. The molecule has 0 aliphatic carbocycles. The first-order valence-electron chi connectivity index (χ1n) is 18.4. The average molecular weight is 653 g/mol. The van der Waals surface area contributed by atoms with Crippen molar-refractivity contribution in [2.24, 2.45) is 0 Å². The van der Waals surface area contributed by atoms with Crippen LogP contribution in [0.25, 0.3) is 0 Å². The molecule has 0 heterocycles. The van der Waals surface area contributed by atoms with Gasteiger partial charge >= 0.3 is 17.9 Å². The SMILES string of the molecule is CCCC/C=C\C/C=C\CCCCCCCC(=O)OC(COCCC(C(=O)O)[N+](C)(C)C)COC(=O)CCCCCCCCCC. The Morgan fingerprint density at radius 3 is 1.74 bits per heavy atom. The number of allylic oxidation sites excluding steroid dienone is 4. The van der Waals surface area contributed by atoms with Gasteiger partial charge in [0, 0.05) is 19.3 Å². The maximum Gasteiger partial charge on any atom is 0.362 e. The third-order valence-corrected chi connectivity index (χ3v) is 8.10. The van der Waals surface area contributed by atoms with Gasteiger partial charge in [0.15, 0.2) is 12.1 Å². The van der Waals surface area contributed by atoms with Crippen LogP contribution in [-0.4, -0.2) is 80.6 Å². The second-order valence-corrected chi connectivity index (χ2v) is 13.5. The summed E-state index contributed by atoms with van der Waals surface area (Å²) in [7, 11) is 5.50. The first-order valence-corrected chi connectivity index (χ1v) is 18.4. The van der Waals surface area contributed by atoms with Crippen LogP contribution in [0.3, 0.4) is 0 Å². The maximum atomic E-state index is 12.6. The molecular weight excluding hydrogens is 582 g/mol. The van der Waals surface area contributed by atoms with E-state index in [9.17, 15) is 19.5 Å². The lowest BCUT2D eigenvalue weighted by molar-refractivity contribution is -0.887. The van der Waals surface area contributed by atoms with Crippen LogP contribution >= 0.6 is 0 Å². The molecule has 268 valence electrons. The molecule has 0 fully saturated rings. The molecule has 0 radical (unpaired) electrons. The highest BCUT2D eigenvalue weighted by Crippen LogP contribution is 2.13. The van der Waals surface area contributed by atoms with Crippen molar-refractivity contribution in [3.8, 4) is 0 Å². The summed E-state index contributed by atoms with van der Waals surface area (Å²) in [6, 6.07) is -0.612. The van der Waals surface area contributed by atoms with Gasteiger partial charge in [-0.05, 0) is 38.5 Å². The summed E-state index contributed by atoms with van der Waals surface area (Å²) in [6.45, 7) is 4.63. The van der Waals surface area contributed by atoms with Crippen LogP contribution in [0.2, 0.25) is 0 Å². The number of unbranched alkanes of at least 4 members (excludes halogenated alkanes) is 14. The van der Waals surface area contributed by atoms with E-state index in [1.165, 1.54) is 51.4 Å². The van der Waals surface area contributed by atoms with Crippen molar-refractivity contribution in [1.29, 1.82) is 0 Å². The fraction of sp³-hybridized carbons (Fsp3) is 0.816. The van der Waals surface area contributed by atoms with Gasteiger partial charge in [-0.3, -0.25) is 9.59 Å². The molecule has 2 unspecified atom stereocenters. The predicted molar refractivity (Wildman–Crippen MR) is 188 cm³/mol. The lowest BCUT2D eigenvalue weighted by atomic mass is 10.1. The standard InChI is InChI=1S/C38H69NO7/c1-6-8-10-12-14-16-17-18-19-20-21-23-25-27-29-37(41)46-34(32-44-31-30-35(38(42)43)39(3,4)5)33-45-36(40)28-26-24-22-15-13-11-9-7-2/h12,14,17-18,34-35H,6-11,13,15-16,19-33H2,1-5H3/p+1/b14-12-,18-17-. The Labute approximate surface area is 281 Å². The van der Waals surface area contributed by atoms with Crippen molar-refractivity contribution in [3.63, 3.8) is 0 Å². The Bertz CT molecular complexity index is 818. The molecule has 0 bridgehead atoms. The molecule has 0 aromatic heterocycles. The number of quaternary nitrogens is 1. The molecule has 8 nitrogen and oxygen atoms in total. The highest BCUT2D eigenvalue weighted by molar-refractivity contribution is 5.72. The van der Waals surface area contributed by atoms with Gasteiger partial charge in [0.05, 0.1) is 34.4 Å². The second-order valence-electron chi connectivity index (χ2n) is 13.5. The van der Waals surface area contributed by atoms with Crippen molar-refractivity contribution in [1.82, 2.24) is 0 Å². The molecule has 2 atom stereocenters. The zero-order valence-electron chi connectivity index (χ0n) is 30.3. The van der Waals surface area contributed by atoms with E-state index >= 15 is 0 Å². The maximum absolute atomic E-state index is 12.6. The Balaban J connectivity index is 4.45. The van der Waals surface area contributed by atoms with E-state index in [4.69, 9.17) is 14.2 Å². The topological polar surface area (TPSA) is 99.1 Å². The van der Waals surface area contributed by atoms with E-state index in [0.29, 0.717) is 19.3 Å². The summed E-state index contributed by atoms with van der Waals surface area (Å²) in [4.78, 5) is 36.6. The molecule has 0 aliphatic rings. The molecule has 1 N–H and O–H groups in total. The first kappa shape index (κ1) is 43.8. The lowest BCUT2D eigenvalue weighted by Gasteiger charge is -2.31. The van der Waals surface area contributed by atoms with Crippen LogP contribution in [-0.2, 0) is 28.6 Å².